The maximum atomic E-state index is 12.0. The van der Waals surface area contributed by atoms with Gasteiger partial charge in [-0.25, -0.2) is 9.79 Å². The van der Waals surface area contributed by atoms with E-state index in [2.05, 4.69) is 10.3 Å². The second-order valence-corrected chi connectivity index (χ2v) is 7.38. The van der Waals surface area contributed by atoms with Gasteiger partial charge in [0, 0.05) is 32.7 Å². The lowest BCUT2D eigenvalue weighted by Crippen LogP contribution is -2.53. The number of nitrogens with two attached hydrogens (primary N) is 1. The first-order valence-electron chi connectivity index (χ1n) is 8.54. The van der Waals surface area contributed by atoms with Crippen molar-refractivity contribution in [2.45, 2.75) is 39.2 Å². The molecular formula is C16H30IN5O3. The Balaban J connectivity index is 0.00000312. The van der Waals surface area contributed by atoms with Crippen molar-refractivity contribution in [1.82, 2.24) is 15.1 Å². The predicted octanol–water partition coefficient (Wildman–Crippen LogP) is 0.998. The van der Waals surface area contributed by atoms with Gasteiger partial charge in [0.15, 0.2) is 5.96 Å². The fourth-order valence-electron chi connectivity index (χ4n) is 2.33. The first-order valence-corrected chi connectivity index (χ1v) is 8.54. The van der Waals surface area contributed by atoms with Crippen molar-refractivity contribution in [2.24, 2.45) is 16.6 Å². The van der Waals surface area contributed by atoms with E-state index >= 15 is 0 Å². The summed E-state index contributed by atoms with van der Waals surface area (Å²) in [5.41, 5.74) is 5.45. The second-order valence-electron chi connectivity index (χ2n) is 7.38. The summed E-state index contributed by atoms with van der Waals surface area (Å²) < 4.78 is 5.36. The number of carbonyl (C=O) groups excluding carboxylic acids is 2. The molecule has 0 aromatic heterocycles. The molecule has 1 saturated heterocycles. The van der Waals surface area contributed by atoms with Gasteiger partial charge in [-0.2, -0.15) is 0 Å². The molecule has 2 rings (SSSR count). The number of amides is 2. The summed E-state index contributed by atoms with van der Waals surface area (Å²) in [6.07, 6.45) is 2.10. The van der Waals surface area contributed by atoms with Crippen molar-refractivity contribution in [3.63, 3.8) is 0 Å². The number of guanidine groups is 1. The molecule has 8 nitrogen and oxygen atoms in total. The third-order valence-corrected chi connectivity index (χ3v) is 3.92. The molecule has 25 heavy (non-hydrogen) atoms. The third kappa shape index (κ3) is 8.10. The van der Waals surface area contributed by atoms with Gasteiger partial charge in [0.1, 0.15) is 12.1 Å². The van der Waals surface area contributed by atoms with Gasteiger partial charge >= 0.3 is 6.09 Å². The minimum absolute atomic E-state index is 0. The van der Waals surface area contributed by atoms with Crippen LogP contribution in [0.2, 0.25) is 0 Å². The molecule has 1 aliphatic heterocycles. The molecule has 2 amide bonds. The lowest BCUT2D eigenvalue weighted by atomic mass is 10.2. The van der Waals surface area contributed by atoms with E-state index in [1.807, 2.05) is 25.7 Å². The standard InChI is InChI=1S/C16H29N5O3.HI/c1-16(2,3)24-15(23)21-8-6-20(7-9-21)14(17)19-11-13(22)18-10-12-4-5-12;/h12H,4-11H2,1-3H3,(H2,17,19)(H,18,22);1H. The molecule has 2 aliphatic rings. The van der Waals surface area contributed by atoms with Crippen molar-refractivity contribution in [2.75, 3.05) is 39.3 Å². The number of nitrogens with zero attached hydrogens (tertiary/aromatic N) is 3. The molecule has 3 N–H and O–H groups in total. The number of aliphatic imine (C=N–C) groups is 1. The number of nitrogens with one attached hydrogen (secondary N) is 1. The van der Waals surface area contributed by atoms with E-state index < -0.39 is 5.60 Å². The second kappa shape index (κ2) is 9.44. The maximum Gasteiger partial charge on any atom is 0.410 e. The zero-order valence-electron chi connectivity index (χ0n) is 15.3. The number of carbonyl (C=O) groups is 2. The normalized spacial score (nSPS) is 18.4. The van der Waals surface area contributed by atoms with Crippen LogP contribution in [0.15, 0.2) is 4.99 Å². The molecular weight excluding hydrogens is 437 g/mol. The van der Waals surface area contributed by atoms with E-state index in [1.165, 1.54) is 12.8 Å². The Labute approximate surface area is 166 Å². The third-order valence-electron chi connectivity index (χ3n) is 3.92. The van der Waals surface area contributed by atoms with E-state index in [-0.39, 0.29) is 42.5 Å². The van der Waals surface area contributed by atoms with Crippen LogP contribution in [0.25, 0.3) is 0 Å². The van der Waals surface area contributed by atoms with Crippen LogP contribution < -0.4 is 11.1 Å². The molecule has 1 aliphatic carbocycles. The molecule has 2 fully saturated rings. The first kappa shape index (κ1) is 21.8. The topological polar surface area (TPSA) is 100 Å². The van der Waals surface area contributed by atoms with Crippen LogP contribution in [-0.2, 0) is 9.53 Å². The minimum Gasteiger partial charge on any atom is -0.444 e. The van der Waals surface area contributed by atoms with Gasteiger partial charge in [-0.3, -0.25) is 4.79 Å². The van der Waals surface area contributed by atoms with E-state index in [0.29, 0.717) is 38.1 Å². The Hall–Kier alpha value is -1.26. The Morgan fingerprint density at radius 2 is 1.72 bits per heavy atom. The van der Waals surface area contributed by atoms with Crippen molar-refractivity contribution in [3.05, 3.63) is 0 Å². The van der Waals surface area contributed by atoms with Gasteiger partial charge in [-0.05, 0) is 39.5 Å². The molecule has 0 unspecified atom stereocenters. The van der Waals surface area contributed by atoms with E-state index in [0.717, 1.165) is 6.54 Å². The van der Waals surface area contributed by atoms with Gasteiger partial charge < -0.3 is 25.6 Å². The van der Waals surface area contributed by atoms with Crippen LogP contribution in [0.3, 0.4) is 0 Å². The summed E-state index contributed by atoms with van der Waals surface area (Å²) in [6.45, 7) is 8.54. The molecule has 0 spiro atoms. The Morgan fingerprint density at radius 1 is 1.16 bits per heavy atom. The number of ether oxygens (including phenoxy) is 1. The van der Waals surface area contributed by atoms with Crippen LogP contribution in [-0.4, -0.2) is 72.6 Å². The summed E-state index contributed by atoms with van der Waals surface area (Å²) in [5.74, 6) is 0.897. The fraction of sp³-hybridized carbons (Fsp3) is 0.812. The summed E-state index contributed by atoms with van der Waals surface area (Å²) in [7, 11) is 0. The molecule has 0 bridgehead atoms. The summed E-state index contributed by atoms with van der Waals surface area (Å²) >= 11 is 0. The van der Waals surface area contributed by atoms with E-state index in [1.54, 1.807) is 4.90 Å². The molecule has 0 aromatic rings. The molecule has 0 aromatic carbocycles. The molecule has 0 atom stereocenters. The van der Waals surface area contributed by atoms with Gasteiger partial charge in [-0.1, -0.05) is 0 Å². The Kier molecular flexibility index (Phi) is 8.23. The zero-order chi connectivity index (χ0) is 17.7. The summed E-state index contributed by atoms with van der Waals surface area (Å²) in [6, 6.07) is 0. The zero-order valence-corrected chi connectivity index (χ0v) is 17.6. The van der Waals surface area contributed by atoms with Crippen LogP contribution in [0.4, 0.5) is 4.79 Å². The largest absolute Gasteiger partial charge is 0.444 e. The smallest absolute Gasteiger partial charge is 0.410 e. The fourth-order valence-corrected chi connectivity index (χ4v) is 2.33. The number of hydrogen-bond donors (Lipinski definition) is 2. The Bertz CT molecular complexity index is 494. The highest BCUT2D eigenvalue weighted by Gasteiger charge is 2.26. The van der Waals surface area contributed by atoms with Crippen molar-refractivity contribution in [1.29, 1.82) is 0 Å². The highest BCUT2D eigenvalue weighted by Crippen LogP contribution is 2.27. The molecule has 9 heteroatoms. The highest BCUT2D eigenvalue weighted by molar-refractivity contribution is 14.0. The van der Waals surface area contributed by atoms with E-state index in [4.69, 9.17) is 10.5 Å². The van der Waals surface area contributed by atoms with Gasteiger partial charge in [0.2, 0.25) is 5.91 Å². The average Bonchev–Trinajstić information content (AvgIpc) is 3.33. The molecule has 144 valence electrons. The number of rotatable bonds is 4. The predicted molar refractivity (Wildman–Crippen MR) is 107 cm³/mol. The molecule has 1 heterocycles. The van der Waals surface area contributed by atoms with Crippen LogP contribution >= 0.6 is 24.0 Å². The van der Waals surface area contributed by atoms with Crippen LogP contribution in [0.5, 0.6) is 0 Å². The lowest BCUT2D eigenvalue weighted by Gasteiger charge is -2.36. The van der Waals surface area contributed by atoms with Crippen molar-refractivity contribution in [3.8, 4) is 0 Å². The lowest BCUT2D eigenvalue weighted by molar-refractivity contribution is -0.119. The van der Waals surface area contributed by atoms with Gasteiger partial charge in [-0.15, -0.1) is 24.0 Å². The summed E-state index contributed by atoms with van der Waals surface area (Å²) in [4.78, 5) is 31.4. The van der Waals surface area contributed by atoms with Gasteiger partial charge in [0.05, 0.1) is 0 Å². The number of halogens is 1. The van der Waals surface area contributed by atoms with Crippen molar-refractivity contribution < 1.29 is 14.3 Å². The first-order chi connectivity index (χ1) is 11.2. The SMILES string of the molecule is CC(C)(C)OC(=O)N1CCN(C(N)=NCC(=O)NCC2CC2)CC1.I. The highest BCUT2D eigenvalue weighted by atomic mass is 127. The minimum atomic E-state index is -0.497. The van der Waals surface area contributed by atoms with Crippen LogP contribution in [0, 0.1) is 5.92 Å². The Morgan fingerprint density at radius 3 is 2.24 bits per heavy atom. The summed E-state index contributed by atoms with van der Waals surface area (Å²) in [5, 5.41) is 2.86. The van der Waals surface area contributed by atoms with Crippen molar-refractivity contribution >= 4 is 41.9 Å². The number of hydrogen-bond acceptors (Lipinski definition) is 4. The number of piperazine rings is 1. The average molecular weight is 467 g/mol. The molecule has 1 saturated carbocycles. The monoisotopic (exact) mass is 467 g/mol. The van der Waals surface area contributed by atoms with Gasteiger partial charge in [0.25, 0.3) is 0 Å². The molecule has 0 radical (unpaired) electrons. The van der Waals surface area contributed by atoms with E-state index in [9.17, 15) is 9.59 Å². The van der Waals surface area contributed by atoms with Crippen LogP contribution in [0.1, 0.15) is 33.6 Å². The maximum absolute atomic E-state index is 12.0. The quantitative estimate of drug-likeness (QED) is 0.365.